The molecule has 0 saturated heterocycles. The van der Waals surface area contributed by atoms with E-state index in [-0.39, 0.29) is 0 Å². The maximum Gasteiger partial charge on any atom is 0.160 e. The first kappa shape index (κ1) is 34.0. The Bertz CT molecular complexity index is 3520. The van der Waals surface area contributed by atoms with Crippen molar-refractivity contribution in [1.82, 2.24) is 9.97 Å². The van der Waals surface area contributed by atoms with Crippen LogP contribution in [0.25, 0.3) is 99.6 Å². The SMILES string of the molecule is c1ccc(-c2nc(-c3cccc(-c4ccc5c6ccccc6c6ccccc6c5c4)c3)cc(-c3cccc4c3-c3ccccc3C43c4ccccc4-c4ccccc43)n2)cc1. The number of benzene rings is 10. The zero-order valence-electron chi connectivity index (χ0n) is 33.2. The van der Waals surface area contributed by atoms with E-state index in [1.165, 1.54) is 82.4 Å². The van der Waals surface area contributed by atoms with Gasteiger partial charge in [0.05, 0.1) is 16.8 Å². The molecule has 10 aromatic carbocycles. The Labute approximate surface area is 354 Å². The number of hydrogen-bond acceptors (Lipinski definition) is 2. The average Bonchev–Trinajstić information content (AvgIpc) is 3.82. The molecule has 1 heterocycles. The van der Waals surface area contributed by atoms with E-state index in [1.807, 2.05) is 6.07 Å². The van der Waals surface area contributed by atoms with Crippen LogP contribution < -0.4 is 0 Å². The molecule has 0 saturated carbocycles. The molecule has 0 N–H and O–H groups in total. The molecule has 282 valence electrons. The van der Waals surface area contributed by atoms with Crippen molar-refractivity contribution in [2.24, 2.45) is 0 Å². The Kier molecular flexibility index (Phi) is 7.26. The molecule has 1 spiro atoms. The summed E-state index contributed by atoms with van der Waals surface area (Å²) in [6.07, 6.45) is 0. The summed E-state index contributed by atoms with van der Waals surface area (Å²) in [6, 6.07) is 79.7. The summed E-state index contributed by atoms with van der Waals surface area (Å²) >= 11 is 0. The van der Waals surface area contributed by atoms with Crippen LogP contribution in [0.1, 0.15) is 22.3 Å². The zero-order chi connectivity index (χ0) is 40.1. The second kappa shape index (κ2) is 13.0. The quantitative estimate of drug-likeness (QED) is 0.167. The first-order valence-electron chi connectivity index (χ1n) is 21.1. The van der Waals surface area contributed by atoms with Gasteiger partial charge in [0.2, 0.25) is 0 Å². The molecule has 2 aliphatic rings. The molecular weight excluding hydrogens is 737 g/mol. The standard InChI is InChI=1S/C59H36N2/c1-2-16-37(17-3-1)58-60-55(40-19-14-18-38(34-40)39-32-33-45-43-22-5-4-20-41(43)42-21-6-7-23-44(42)50(45)35-39)36-56(61-58)49-27-15-31-54-57(49)48-26-10-13-30-53(48)59(54)51-28-11-8-24-46(51)47-25-9-12-29-52(47)59/h1-36H. The van der Waals surface area contributed by atoms with Crippen molar-refractivity contribution < 1.29 is 0 Å². The number of hydrogen-bond donors (Lipinski definition) is 0. The van der Waals surface area contributed by atoms with Crippen LogP contribution in [-0.4, -0.2) is 9.97 Å². The fraction of sp³-hybridized carbons (Fsp3) is 0.0169. The third-order valence-corrected chi connectivity index (χ3v) is 13.3. The van der Waals surface area contributed by atoms with Crippen LogP contribution in [0.15, 0.2) is 218 Å². The van der Waals surface area contributed by atoms with Crippen LogP contribution in [0.5, 0.6) is 0 Å². The fourth-order valence-electron chi connectivity index (χ4n) is 10.8. The predicted octanol–water partition coefficient (Wildman–Crippen LogP) is 14.9. The largest absolute Gasteiger partial charge is 0.228 e. The lowest BCUT2D eigenvalue weighted by Crippen LogP contribution is -2.25. The van der Waals surface area contributed by atoms with Gasteiger partial charge in [-0.05, 0) is 106 Å². The lowest BCUT2D eigenvalue weighted by Gasteiger charge is -2.30. The third-order valence-electron chi connectivity index (χ3n) is 13.3. The van der Waals surface area contributed by atoms with E-state index in [0.717, 1.165) is 33.6 Å². The van der Waals surface area contributed by atoms with Crippen LogP contribution in [0.2, 0.25) is 0 Å². The normalized spacial score (nSPS) is 13.0. The molecule has 0 atom stereocenters. The van der Waals surface area contributed by atoms with Crippen molar-refractivity contribution in [3.8, 4) is 67.3 Å². The molecule has 0 fully saturated rings. The molecule has 1 aromatic heterocycles. The molecular formula is C59H36N2. The second-order valence-corrected chi connectivity index (χ2v) is 16.4. The molecule has 13 rings (SSSR count). The van der Waals surface area contributed by atoms with Crippen LogP contribution in [0, 0.1) is 0 Å². The number of rotatable bonds is 4. The van der Waals surface area contributed by atoms with Gasteiger partial charge in [0.1, 0.15) is 0 Å². The van der Waals surface area contributed by atoms with Gasteiger partial charge < -0.3 is 0 Å². The molecule has 2 heteroatoms. The average molecular weight is 773 g/mol. The van der Waals surface area contributed by atoms with Gasteiger partial charge in [-0.1, -0.05) is 200 Å². The van der Waals surface area contributed by atoms with E-state index in [1.54, 1.807) is 0 Å². The van der Waals surface area contributed by atoms with E-state index in [2.05, 4.69) is 212 Å². The van der Waals surface area contributed by atoms with Crippen molar-refractivity contribution in [2.45, 2.75) is 5.41 Å². The Balaban J connectivity index is 1.01. The highest BCUT2D eigenvalue weighted by Crippen LogP contribution is 2.64. The number of aromatic nitrogens is 2. The van der Waals surface area contributed by atoms with Crippen LogP contribution >= 0.6 is 0 Å². The van der Waals surface area contributed by atoms with E-state index in [9.17, 15) is 0 Å². The number of fused-ring (bicyclic) bond motifs is 16. The maximum absolute atomic E-state index is 5.41. The molecule has 0 bridgehead atoms. The van der Waals surface area contributed by atoms with Gasteiger partial charge in [-0.2, -0.15) is 0 Å². The molecule has 2 aliphatic carbocycles. The summed E-state index contributed by atoms with van der Waals surface area (Å²) in [6.45, 7) is 0. The van der Waals surface area contributed by atoms with Gasteiger partial charge >= 0.3 is 0 Å². The molecule has 11 aromatic rings. The van der Waals surface area contributed by atoms with E-state index < -0.39 is 5.41 Å². The highest BCUT2D eigenvalue weighted by atomic mass is 14.9. The molecule has 0 unspecified atom stereocenters. The molecule has 2 nitrogen and oxygen atoms in total. The number of nitrogens with zero attached hydrogens (tertiary/aromatic N) is 2. The van der Waals surface area contributed by atoms with Crippen molar-refractivity contribution >= 4 is 32.3 Å². The van der Waals surface area contributed by atoms with Crippen LogP contribution in [0.3, 0.4) is 0 Å². The summed E-state index contributed by atoms with van der Waals surface area (Å²) in [5, 5.41) is 7.64. The van der Waals surface area contributed by atoms with E-state index >= 15 is 0 Å². The predicted molar refractivity (Wildman–Crippen MR) is 253 cm³/mol. The first-order chi connectivity index (χ1) is 30.3. The summed E-state index contributed by atoms with van der Waals surface area (Å²) < 4.78 is 0. The van der Waals surface area contributed by atoms with Gasteiger partial charge in [-0.25, -0.2) is 9.97 Å². The maximum atomic E-state index is 5.41. The Morgan fingerprint density at radius 3 is 1.41 bits per heavy atom. The fourth-order valence-corrected chi connectivity index (χ4v) is 10.8. The summed E-state index contributed by atoms with van der Waals surface area (Å²) in [7, 11) is 0. The monoisotopic (exact) mass is 772 g/mol. The lowest BCUT2D eigenvalue weighted by atomic mass is 9.70. The highest BCUT2D eigenvalue weighted by Gasteiger charge is 2.52. The van der Waals surface area contributed by atoms with Gasteiger partial charge in [0.25, 0.3) is 0 Å². The lowest BCUT2D eigenvalue weighted by molar-refractivity contribution is 0.794. The smallest absolute Gasteiger partial charge is 0.160 e. The molecule has 61 heavy (non-hydrogen) atoms. The molecule has 0 radical (unpaired) electrons. The zero-order valence-corrected chi connectivity index (χ0v) is 33.2. The minimum atomic E-state index is -0.432. The molecule has 0 aliphatic heterocycles. The van der Waals surface area contributed by atoms with Crippen molar-refractivity contribution in [1.29, 1.82) is 0 Å². The minimum absolute atomic E-state index is 0.432. The van der Waals surface area contributed by atoms with Crippen molar-refractivity contribution in [3.05, 3.63) is 241 Å². The van der Waals surface area contributed by atoms with E-state index in [4.69, 9.17) is 9.97 Å². The van der Waals surface area contributed by atoms with Crippen LogP contribution in [-0.2, 0) is 5.41 Å². The minimum Gasteiger partial charge on any atom is -0.228 e. The third kappa shape index (κ3) is 4.85. The summed E-state index contributed by atoms with van der Waals surface area (Å²) in [5.74, 6) is 0.706. The topological polar surface area (TPSA) is 25.8 Å². The van der Waals surface area contributed by atoms with Gasteiger partial charge in [-0.3, -0.25) is 0 Å². The summed E-state index contributed by atoms with van der Waals surface area (Å²) in [5.41, 5.74) is 17.2. The van der Waals surface area contributed by atoms with E-state index in [0.29, 0.717) is 5.82 Å². The summed E-state index contributed by atoms with van der Waals surface area (Å²) in [4.78, 5) is 10.7. The second-order valence-electron chi connectivity index (χ2n) is 16.4. The highest BCUT2D eigenvalue weighted by molar-refractivity contribution is 6.25. The van der Waals surface area contributed by atoms with Crippen molar-refractivity contribution in [3.63, 3.8) is 0 Å². The van der Waals surface area contributed by atoms with Gasteiger partial charge in [-0.15, -0.1) is 0 Å². The van der Waals surface area contributed by atoms with Gasteiger partial charge in [0, 0.05) is 16.7 Å². The van der Waals surface area contributed by atoms with Crippen molar-refractivity contribution in [2.75, 3.05) is 0 Å². The Morgan fingerprint density at radius 2 is 0.721 bits per heavy atom. The Hall–Kier alpha value is -7.94. The Morgan fingerprint density at radius 1 is 0.262 bits per heavy atom. The van der Waals surface area contributed by atoms with Gasteiger partial charge in [0.15, 0.2) is 5.82 Å². The molecule has 0 amide bonds. The first-order valence-corrected chi connectivity index (χ1v) is 21.1. The van der Waals surface area contributed by atoms with Crippen LogP contribution in [0.4, 0.5) is 0 Å².